The topological polar surface area (TPSA) is 109 Å². The zero-order chi connectivity index (χ0) is 37.2. The van der Waals surface area contributed by atoms with Gasteiger partial charge in [-0.3, -0.25) is 14.4 Å². The first-order valence-corrected chi connectivity index (χ1v) is 18.5. The van der Waals surface area contributed by atoms with Crippen LogP contribution >= 0.6 is 0 Å². The van der Waals surface area contributed by atoms with Crippen LogP contribution in [0.3, 0.4) is 0 Å². The molecule has 0 aromatic heterocycles. The minimum Gasteiger partial charge on any atom is -0.389 e. The van der Waals surface area contributed by atoms with Gasteiger partial charge in [0.25, 0.3) is 0 Å². The van der Waals surface area contributed by atoms with Crippen LogP contribution in [0, 0.1) is 0 Å². The van der Waals surface area contributed by atoms with Gasteiger partial charge in [-0.05, 0) is 77.6 Å². The molecule has 2 amide bonds. The summed E-state index contributed by atoms with van der Waals surface area (Å²) >= 11 is 0. The summed E-state index contributed by atoms with van der Waals surface area (Å²) in [6.45, 7) is 27.1. The molecule has 4 N–H and O–H groups in total. The molecule has 49 heavy (non-hydrogen) atoms. The summed E-state index contributed by atoms with van der Waals surface area (Å²) < 4.78 is 0. The maximum absolute atomic E-state index is 12.4. The fourth-order valence-corrected chi connectivity index (χ4v) is 5.12. The molecular formula is C39H71N7O3. The first-order valence-electron chi connectivity index (χ1n) is 18.5. The fourth-order valence-electron chi connectivity index (χ4n) is 5.12. The predicted molar refractivity (Wildman–Crippen MR) is 207 cm³/mol. The second-order valence-corrected chi connectivity index (χ2v) is 12.8. The Labute approximate surface area is 299 Å². The standard InChI is InChI=1S/C37H65N7O3.C2H6/c1-29(2)42(7)26-16-10-13-23-39-30(3)19-20-31(4)43(8)27-17-11-14-24-40-33(45)21-22-34(46)44(9)28-18-12-15-25-41-36-35(38-6)32(5)37(36)47;1-2/h38-39,41H,1,3-5,10-28H2,2,6-9H3,(H,40,45);1-2H3. The molecule has 10 nitrogen and oxygen atoms in total. The van der Waals surface area contributed by atoms with Crippen LogP contribution in [0.25, 0.3) is 0 Å². The summed E-state index contributed by atoms with van der Waals surface area (Å²) in [5.41, 5.74) is 5.22. The Hall–Kier alpha value is -3.69. The highest BCUT2D eigenvalue weighted by Crippen LogP contribution is 2.24. The van der Waals surface area contributed by atoms with E-state index in [1.54, 1.807) is 19.0 Å². The first kappa shape index (κ1) is 45.3. The third-order valence-electron chi connectivity index (χ3n) is 8.71. The van der Waals surface area contributed by atoms with E-state index in [0.717, 1.165) is 100 Å². The molecule has 1 aliphatic rings. The van der Waals surface area contributed by atoms with Crippen LogP contribution in [0.15, 0.2) is 60.4 Å². The van der Waals surface area contributed by atoms with Crippen LogP contribution in [0.1, 0.15) is 104 Å². The van der Waals surface area contributed by atoms with Gasteiger partial charge in [-0.15, -0.1) is 0 Å². The van der Waals surface area contributed by atoms with E-state index in [1.807, 2.05) is 20.8 Å². The van der Waals surface area contributed by atoms with Crippen molar-refractivity contribution in [2.24, 2.45) is 0 Å². The molecule has 1 rings (SSSR count). The van der Waals surface area contributed by atoms with E-state index >= 15 is 0 Å². The number of nitrogens with one attached hydrogen (secondary N) is 4. The fraction of sp³-hybridized carbons (Fsp3) is 0.667. The number of amides is 2. The zero-order valence-electron chi connectivity index (χ0n) is 32.3. The molecule has 1 aliphatic carbocycles. The van der Waals surface area contributed by atoms with Gasteiger partial charge in [0.05, 0.1) is 5.70 Å². The number of unbranched alkanes of at least 4 members (excludes halogenated alkanes) is 6. The first-order chi connectivity index (χ1) is 23.4. The van der Waals surface area contributed by atoms with E-state index < -0.39 is 0 Å². The zero-order valence-corrected chi connectivity index (χ0v) is 32.3. The van der Waals surface area contributed by atoms with Crippen molar-refractivity contribution >= 4 is 17.6 Å². The number of carbonyl (C=O) groups is 3. The number of hydrogen-bond acceptors (Lipinski definition) is 8. The van der Waals surface area contributed by atoms with Crippen molar-refractivity contribution in [3.63, 3.8) is 0 Å². The van der Waals surface area contributed by atoms with Gasteiger partial charge in [-0.2, -0.15) is 0 Å². The lowest BCUT2D eigenvalue weighted by Crippen LogP contribution is -2.37. The molecule has 0 fully saturated rings. The SMILES string of the molecule is C=C(CCC(=C)N(C)CCCCCNC(=O)CCC(=O)N(C)CCCCCNC1=C(NC)C(=C)C1=O)NCCCCCN(C)C(=C)C.CC. The minimum atomic E-state index is -0.0731. The van der Waals surface area contributed by atoms with E-state index in [-0.39, 0.29) is 30.4 Å². The average molecular weight is 686 g/mol. The highest BCUT2D eigenvalue weighted by Gasteiger charge is 2.30. The molecule has 0 aromatic rings. The summed E-state index contributed by atoms with van der Waals surface area (Å²) in [7, 11) is 7.74. The quantitative estimate of drug-likeness (QED) is 0.0576. The summed E-state index contributed by atoms with van der Waals surface area (Å²) in [5.74, 6) is -0.117. The predicted octanol–water partition coefficient (Wildman–Crippen LogP) is 5.83. The van der Waals surface area contributed by atoms with Crippen molar-refractivity contribution in [2.75, 3.05) is 67.5 Å². The number of rotatable bonds is 29. The molecule has 0 radical (unpaired) electrons. The second-order valence-electron chi connectivity index (χ2n) is 12.8. The van der Waals surface area contributed by atoms with Crippen LogP contribution < -0.4 is 21.3 Å². The lowest BCUT2D eigenvalue weighted by atomic mass is 9.93. The largest absolute Gasteiger partial charge is 0.389 e. The Morgan fingerprint density at radius 3 is 1.76 bits per heavy atom. The highest BCUT2D eigenvalue weighted by molar-refractivity contribution is 6.18. The van der Waals surface area contributed by atoms with Gasteiger partial charge >= 0.3 is 0 Å². The number of hydrogen-bond donors (Lipinski definition) is 4. The third-order valence-corrected chi connectivity index (χ3v) is 8.71. The minimum absolute atomic E-state index is 0.0125. The van der Waals surface area contributed by atoms with Gasteiger partial charge in [-0.25, -0.2) is 0 Å². The highest BCUT2D eigenvalue weighted by atomic mass is 16.2. The van der Waals surface area contributed by atoms with E-state index in [9.17, 15) is 14.4 Å². The number of allylic oxidation sites excluding steroid dienone is 5. The Kier molecular flexibility index (Phi) is 25.1. The number of likely N-dealkylation sites (N-methyl/N-ethyl adjacent to an activating group) is 1. The molecule has 10 heteroatoms. The summed E-state index contributed by atoms with van der Waals surface area (Å²) in [6.07, 6.45) is 11.4. The molecular weight excluding hydrogens is 614 g/mol. The van der Waals surface area contributed by atoms with Crippen LogP contribution in [0.2, 0.25) is 0 Å². The molecule has 0 unspecified atom stereocenters. The Balaban J connectivity index is 0.0000113. The normalized spacial score (nSPS) is 11.9. The van der Waals surface area contributed by atoms with Gasteiger partial charge in [0.2, 0.25) is 17.6 Å². The van der Waals surface area contributed by atoms with Crippen LogP contribution in [0.5, 0.6) is 0 Å². The molecule has 0 heterocycles. The maximum Gasteiger partial charge on any atom is 0.222 e. The Morgan fingerprint density at radius 1 is 0.653 bits per heavy atom. The Bertz CT molecular complexity index is 1100. The molecule has 0 saturated heterocycles. The van der Waals surface area contributed by atoms with Gasteiger partial charge < -0.3 is 36.0 Å². The number of nitrogens with zero attached hydrogens (tertiary/aromatic N) is 3. The van der Waals surface area contributed by atoms with E-state index in [0.29, 0.717) is 30.9 Å². The second kappa shape index (κ2) is 27.2. The summed E-state index contributed by atoms with van der Waals surface area (Å²) in [6, 6.07) is 0. The number of Topliss-reactive ketones (excluding diaryl/α,β-unsaturated/α-hetero) is 1. The van der Waals surface area contributed by atoms with Crippen LogP contribution in [-0.2, 0) is 14.4 Å². The lowest BCUT2D eigenvalue weighted by Gasteiger charge is -2.25. The van der Waals surface area contributed by atoms with Crippen LogP contribution in [-0.4, -0.2) is 99.8 Å². The lowest BCUT2D eigenvalue weighted by molar-refractivity contribution is -0.132. The summed E-state index contributed by atoms with van der Waals surface area (Å²) in [5, 5.41) is 12.6. The molecule has 0 aliphatic heterocycles. The van der Waals surface area contributed by atoms with E-state index in [4.69, 9.17) is 0 Å². The average Bonchev–Trinajstić information content (AvgIpc) is 3.09. The van der Waals surface area contributed by atoms with Crippen molar-refractivity contribution in [3.8, 4) is 0 Å². The molecule has 0 spiro atoms. The molecule has 280 valence electrons. The van der Waals surface area contributed by atoms with Gasteiger partial charge in [0.15, 0.2) is 0 Å². The smallest absolute Gasteiger partial charge is 0.222 e. The molecule has 0 atom stereocenters. The van der Waals surface area contributed by atoms with Gasteiger partial charge in [0.1, 0.15) is 5.70 Å². The van der Waals surface area contributed by atoms with Crippen molar-refractivity contribution in [1.29, 1.82) is 0 Å². The Morgan fingerprint density at radius 2 is 1.18 bits per heavy atom. The monoisotopic (exact) mass is 686 g/mol. The van der Waals surface area contributed by atoms with Crippen LogP contribution in [0.4, 0.5) is 0 Å². The number of carbonyl (C=O) groups excluding carboxylic acids is 3. The van der Waals surface area contributed by atoms with Crippen molar-refractivity contribution in [3.05, 3.63) is 60.4 Å². The molecule has 0 bridgehead atoms. The summed E-state index contributed by atoms with van der Waals surface area (Å²) in [4.78, 5) is 42.6. The maximum atomic E-state index is 12.4. The molecule has 0 aromatic carbocycles. The van der Waals surface area contributed by atoms with Crippen molar-refractivity contribution in [2.45, 2.75) is 104 Å². The van der Waals surface area contributed by atoms with Crippen molar-refractivity contribution in [1.82, 2.24) is 36.0 Å². The molecule has 0 saturated carbocycles. The van der Waals surface area contributed by atoms with Gasteiger partial charge in [0, 0.05) is 103 Å². The third kappa shape index (κ3) is 19.8. The van der Waals surface area contributed by atoms with Crippen molar-refractivity contribution < 1.29 is 14.4 Å². The number of ketones is 1. The van der Waals surface area contributed by atoms with Gasteiger partial charge in [-0.1, -0.05) is 40.2 Å². The van der Waals surface area contributed by atoms with E-state index in [2.05, 4.69) is 71.5 Å². The van der Waals surface area contributed by atoms with E-state index in [1.165, 1.54) is 12.8 Å².